The summed E-state index contributed by atoms with van der Waals surface area (Å²) in [6.45, 7) is 4.03. The number of amides is 1. The average Bonchev–Trinajstić information content (AvgIpc) is 2.95. The van der Waals surface area contributed by atoms with Gasteiger partial charge in [-0.1, -0.05) is 25.1 Å². The average molecular weight is 218 g/mol. The second-order valence-electron chi connectivity index (χ2n) is 4.63. The summed E-state index contributed by atoms with van der Waals surface area (Å²) in [6, 6.07) is 7.50. The molecule has 0 bridgehead atoms. The Balaban J connectivity index is 1.90. The van der Waals surface area contributed by atoms with Crippen molar-refractivity contribution in [2.24, 2.45) is 17.6 Å². The molecule has 2 unspecified atom stereocenters. The fourth-order valence-electron chi connectivity index (χ4n) is 1.99. The van der Waals surface area contributed by atoms with E-state index in [0.29, 0.717) is 5.56 Å². The van der Waals surface area contributed by atoms with Crippen LogP contribution in [0.5, 0.6) is 0 Å². The van der Waals surface area contributed by atoms with Crippen molar-refractivity contribution in [1.29, 1.82) is 0 Å². The maximum Gasteiger partial charge on any atom is 0.249 e. The first-order valence-corrected chi connectivity index (χ1v) is 5.77. The molecule has 0 saturated heterocycles. The molecule has 3 heteroatoms. The van der Waals surface area contributed by atoms with E-state index in [2.05, 4.69) is 12.2 Å². The van der Waals surface area contributed by atoms with Crippen molar-refractivity contribution >= 4 is 5.91 Å². The number of carbonyl (C=O) groups excluding carboxylic acids is 1. The Hall–Kier alpha value is -1.35. The molecule has 0 aliphatic heterocycles. The number of benzene rings is 1. The minimum Gasteiger partial charge on any atom is -0.366 e. The highest BCUT2D eigenvalue weighted by Crippen LogP contribution is 2.36. The summed E-state index contributed by atoms with van der Waals surface area (Å²) in [5.41, 5.74) is 6.93. The number of hydrogen-bond donors (Lipinski definition) is 2. The van der Waals surface area contributed by atoms with Gasteiger partial charge in [-0.2, -0.15) is 0 Å². The van der Waals surface area contributed by atoms with Crippen LogP contribution in [-0.2, 0) is 6.54 Å². The first-order chi connectivity index (χ1) is 7.68. The maximum absolute atomic E-state index is 11.2. The van der Waals surface area contributed by atoms with Crippen LogP contribution >= 0.6 is 0 Å². The van der Waals surface area contributed by atoms with E-state index in [-0.39, 0.29) is 5.91 Å². The Labute approximate surface area is 96.0 Å². The number of rotatable bonds is 5. The van der Waals surface area contributed by atoms with E-state index in [1.807, 2.05) is 18.2 Å². The largest absolute Gasteiger partial charge is 0.366 e. The fraction of sp³-hybridized carbons (Fsp3) is 0.462. The topological polar surface area (TPSA) is 55.1 Å². The predicted octanol–water partition coefficient (Wildman–Crippen LogP) is 1.53. The van der Waals surface area contributed by atoms with E-state index in [1.165, 1.54) is 6.42 Å². The van der Waals surface area contributed by atoms with Gasteiger partial charge >= 0.3 is 0 Å². The molecule has 3 nitrogen and oxygen atoms in total. The van der Waals surface area contributed by atoms with Crippen molar-refractivity contribution in [2.45, 2.75) is 19.9 Å². The number of nitrogens with one attached hydrogen (secondary N) is 1. The van der Waals surface area contributed by atoms with Crippen molar-refractivity contribution in [3.8, 4) is 0 Å². The van der Waals surface area contributed by atoms with Gasteiger partial charge in [0.15, 0.2) is 0 Å². The Kier molecular flexibility index (Phi) is 3.25. The number of primary amides is 1. The molecule has 3 N–H and O–H groups in total. The van der Waals surface area contributed by atoms with Crippen molar-refractivity contribution < 1.29 is 4.79 Å². The van der Waals surface area contributed by atoms with Crippen molar-refractivity contribution in [1.82, 2.24) is 5.32 Å². The van der Waals surface area contributed by atoms with Gasteiger partial charge in [0.1, 0.15) is 0 Å². The standard InChI is InChI=1S/C13H18N2O/c1-9-6-11(9)8-15-7-10-4-2-3-5-12(10)13(14)16/h2-5,9,11,15H,6-8H2,1H3,(H2,14,16). The number of carbonyl (C=O) groups is 1. The number of nitrogens with two attached hydrogens (primary N) is 1. The summed E-state index contributed by atoms with van der Waals surface area (Å²) in [4.78, 5) is 11.2. The Morgan fingerprint density at radius 3 is 2.81 bits per heavy atom. The van der Waals surface area contributed by atoms with Gasteiger partial charge < -0.3 is 11.1 Å². The lowest BCUT2D eigenvalue weighted by atomic mass is 10.1. The lowest BCUT2D eigenvalue weighted by molar-refractivity contribution is 0.0999. The molecule has 0 spiro atoms. The van der Waals surface area contributed by atoms with Crippen LogP contribution in [0.2, 0.25) is 0 Å². The van der Waals surface area contributed by atoms with Gasteiger partial charge in [-0.25, -0.2) is 0 Å². The number of hydrogen-bond acceptors (Lipinski definition) is 2. The first-order valence-electron chi connectivity index (χ1n) is 5.77. The summed E-state index contributed by atoms with van der Waals surface area (Å²) in [5, 5.41) is 3.38. The van der Waals surface area contributed by atoms with Gasteiger partial charge in [0.05, 0.1) is 0 Å². The third-order valence-corrected chi connectivity index (χ3v) is 3.28. The highest BCUT2D eigenvalue weighted by atomic mass is 16.1. The zero-order chi connectivity index (χ0) is 11.5. The fourth-order valence-corrected chi connectivity index (χ4v) is 1.99. The molecule has 1 aromatic rings. The van der Waals surface area contributed by atoms with Crippen LogP contribution in [-0.4, -0.2) is 12.5 Å². The Bertz CT molecular complexity index is 389. The van der Waals surface area contributed by atoms with Crippen molar-refractivity contribution in [3.05, 3.63) is 35.4 Å². The molecule has 0 radical (unpaired) electrons. The summed E-state index contributed by atoms with van der Waals surface area (Å²) in [5.74, 6) is 1.33. The molecule has 0 heterocycles. The minimum absolute atomic E-state index is 0.350. The van der Waals surface area contributed by atoms with E-state index in [0.717, 1.165) is 30.5 Å². The molecule has 2 rings (SSSR count). The molecular formula is C13H18N2O. The highest BCUT2D eigenvalue weighted by Gasteiger charge is 2.31. The van der Waals surface area contributed by atoms with Crippen LogP contribution in [0.1, 0.15) is 29.3 Å². The van der Waals surface area contributed by atoms with Gasteiger partial charge in [-0.15, -0.1) is 0 Å². The molecule has 0 aromatic heterocycles. The second kappa shape index (κ2) is 4.66. The lowest BCUT2D eigenvalue weighted by Gasteiger charge is -2.07. The van der Waals surface area contributed by atoms with Gasteiger partial charge in [0.2, 0.25) is 5.91 Å². The van der Waals surface area contributed by atoms with E-state index in [1.54, 1.807) is 6.07 Å². The molecule has 1 aliphatic carbocycles. The molecule has 2 atom stereocenters. The zero-order valence-corrected chi connectivity index (χ0v) is 9.57. The molecule has 1 fully saturated rings. The molecule has 1 saturated carbocycles. The normalized spacial score (nSPS) is 23.1. The molecule has 1 amide bonds. The quantitative estimate of drug-likeness (QED) is 0.787. The van der Waals surface area contributed by atoms with Crippen LogP contribution in [0.4, 0.5) is 0 Å². The van der Waals surface area contributed by atoms with E-state index >= 15 is 0 Å². The predicted molar refractivity (Wildman–Crippen MR) is 63.9 cm³/mol. The second-order valence-corrected chi connectivity index (χ2v) is 4.63. The van der Waals surface area contributed by atoms with E-state index in [9.17, 15) is 4.79 Å². The Morgan fingerprint density at radius 2 is 2.19 bits per heavy atom. The SMILES string of the molecule is CC1CC1CNCc1ccccc1C(N)=O. The molecule has 86 valence electrons. The van der Waals surface area contributed by atoms with E-state index in [4.69, 9.17) is 5.73 Å². The van der Waals surface area contributed by atoms with Crippen LogP contribution in [0.3, 0.4) is 0 Å². The minimum atomic E-state index is -0.350. The van der Waals surface area contributed by atoms with Gasteiger partial charge in [0, 0.05) is 12.1 Å². The molecular weight excluding hydrogens is 200 g/mol. The van der Waals surface area contributed by atoms with Crippen LogP contribution in [0.15, 0.2) is 24.3 Å². The zero-order valence-electron chi connectivity index (χ0n) is 9.57. The molecule has 1 aromatic carbocycles. The van der Waals surface area contributed by atoms with Gasteiger partial charge in [-0.05, 0) is 36.4 Å². The first kappa shape index (κ1) is 11.1. The smallest absolute Gasteiger partial charge is 0.249 e. The third-order valence-electron chi connectivity index (χ3n) is 3.28. The van der Waals surface area contributed by atoms with Crippen LogP contribution in [0, 0.1) is 11.8 Å². The lowest BCUT2D eigenvalue weighted by Crippen LogP contribution is -2.20. The summed E-state index contributed by atoms with van der Waals surface area (Å²) < 4.78 is 0. The van der Waals surface area contributed by atoms with Crippen molar-refractivity contribution in [2.75, 3.05) is 6.54 Å². The third kappa shape index (κ3) is 2.61. The summed E-state index contributed by atoms with van der Waals surface area (Å²) in [6.07, 6.45) is 1.32. The van der Waals surface area contributed by atoms with E-state index < -0.39 is 0 Å². The monoisotopic (exact) mass is 218 g/mol. The van der Waals surface area contributed by atoms with Crippen molar-refractivity contribution in [3.63, 3.8) is 0 Å². The van der Waals surface area contributed by atoms with Gasteiger partial charge in [-0.3, -0.25) is 4.79 Å². The summed E-state index contributed by atoms with van der Waals surface area (Å²) in [7, 11) is 0. The van der Waals surface area contributed by atoms with Crippen LogP contribution in [0.25, 0.3) is 0 Å². The maximum atomic E-state index is 11.2. The molecule has 16 heavy (non-hydrogen) atoms. The van der Waals surface area contributed by atoms with Gasteiger partial charge in [0.25, 0.3) is 0 Å². The highest BCUT2D eigenvalue weighted by molar-refractivity contribution is 5.94. The van der Waals surface area contributed by atoms with Crippen LogP contribution < -0.4 is 11.1 Å². The molecule has 1 aliphatic rings. The Morgan fingerprint density at radius 1 is 1.50 bits per heavy atom. The summed E-state index contributed by atoms with van der Waals surface area (Å²) >= 11 is 0.